The summed E-state index contributed by atoms with van der Waals surface area (Å²) in [6.45, 7) is 9.45. The standard InChI is InChI=1S/C16H24N2O2/c1-10(2)13-7-6-8-14(9-13)18-16(20)15(11(3)4)17-12(5)19/h6-11,15H,1-5H3,(H,17,19)(H,18,20)/t15-/m0/s1. The molecule has 1 aromatic rings. The zero-order chi connectivity index (χ0) is 15.3. The van der Waals surface area contributed by atoms with Crippen molar-refractivity contribution < 1.29 is 9.59 Å². The van der Waals surface area contributed by atoms with Crippen molar-refractivity contribution in [1.29, 1.82) is 0 Å². The molecular formula is C16H24N2O2. The van der Waals surface area contributed by atoms with E-state index in [0.717, 1.165) is 5.69 Å². The molecule has 1 atom stereocenters. The average molecular weight is 276 g/mol. The van der Waals surface area contributed by atoms with Crippen LogP contribution in [-0.2, 0) is 9.59 Å². The topological polar surface area (TPSA) is 58.2 Å². The summed E-state index contributed by atoms with van der Waals surface area (Å²) in [7, 11) is 0. The highest BCUT2D eigenvalue weighted by Crippen LogP contribution is 2.19. The van der Waals surface area contributed by atoms with Crippen LogP contribution in [-0.4, -0.2) is 17.9 Å². The monoisotopic (exact) mass is 276 g/mol. The third-order valence-electron chi connectivity index (χ3n) is 3.13. The molecule has 0 fully saturated rings. The third kappa shape index (κ3) is 4.68. The van der Waals surface area contributed by atoms with Gasteiger partial charge in [0, 0.05) is 12.6 Å². The lowest BCUT2D eigenvalue weighted by atomic mass is 10.0. The molecule has 0 bridgehead atoms. The second-order valence-corrected chi connectivity index (χ2v) is 5.69. The van der Waals surface area contributed by atoms with Crippen molar-refractivity contribution in [3.05, 3.63) is 29.8 Å². The van der Waals surface area contributed by atoms with Crippen LogP contribution in [0.25, 0.3) is 0 Å². The highest BCUT2D eigenvalue weighted by Gasteiger charge is 2.23. The number of benzene rings is 1. The summed E-state index contributed by atoms with van der Waals surface area (Å²) in [6, 6.07) is 7.26. The molecule has 4 heteroatoms. The Bertz CT molecular complexity index is 481. The van der Waals surface area contributed by atoms with Crippen LogP contribution < -0.4 is 10.6 Å². The normalized spacial score (nSPS) is 12.3. The van der Waals surface area contributed by atoms with Gasteiger partial charge in [-0.15, -0.1) is 0 Å². The summed E-state index contributed by atoms with van der Waals surface area (Å²) in [5.41, 5.74) is 1.93. The van der Waals surface area contributed by atoms with Crippen LogP contribution in [0.1, 0.15) is 46.1 Å². The third-order valence-corrected chi connectivity index (χ3v) is 3.13. The van der Waals surface area contributed by atoms with Crippen molar-refractivity contribution in [2.45, 2.75) is 46.6 Å². The number of carbonyl (C=O) groups is 2. The predicted octanol–water partition coefficient (Wildman–Crippen LogP) is 2.91. The second kappa shape index (κ2) is 7.08. The minimum Gasteiger partial charge on any atom is -0.344 e. The van der Waals surface area contributed by atoms with Gasteiger partial charge in [0.2, 0.25) is 11.8 Å². The molecule has 1 rings (SSSR count). The maximum atomic E-state index is 12.2. The zero-order valence-electron chi connectivity index (χ0n) is 12.9. The maximum Gasteiger partial charge on any atom is 0.247 e. The Morgan fingerprint density at radius 3 is 2.25 bits per heavy atom. The van der Waals surface area contributed by atoms with Crippen LogP contribution in [0.4, 0.5) is 5.69 Å². The van der Waals surface area contributed by atoms with Gasteiger partial charge in [0.05, 0.1) is 0 Å². The summed E-state index contributed by atoms with van der Waals surface area (Å²) in [5, 5.41) is 5.56. The van der Waals surface area contributed by atoms with E-state index in [1.807, 2.05) is 38.1 Å². The smallest absolute Gasteiger partial charge is 0.247 e. The number of rotatable bonds is 5. The summed E-state index contributed by atoms with van der Waals surface area (Å²) < 4.78 is 0. The largest absolute Gasteiger partial charge is 0.344 e. The number of hydrogen-bond donors (Lipinski definition) is 2. The molecule has 2 amide bonds. The van der Waals surface area contributed by atoms with Crippen molar-refractivity contribution in [3.63, 3.8) is 0 Å². The average Bonchev–Trinajstić information content (AvgIpc) is 2.35. The molecule has 0 heterocycles. The molecule has 2 N–H and O–H groups in total. The number of nitrogens with one attached hydrogen (secondary N) is 2. The molecule has 0 radical (unpaired) electrons. The van der Waals surface area contributed by atoms with Crippen molar-refractivity contribution >= 4 is 17.5 Å². The van der Waals surface area contributed by atoms with Gasteiger partial charge in [-0.1, -0.05) is 39.8 Å². The van der Waals surface area contributed by atoms with Gasteiger partial charge in [-0.05, 0) is 29.5 Å². The quantitative estimate of drug-likeness (QED) is 0.868. The number of carbonyl (C=O) groups excluding carboxylic acids is 2. The minimum absolute atomic E-state index is 0.0344. The fourth-order valence-corrected chi connectivity index (χ4v) is 1.95. The minimum atomic E-state index is -0.518. The molecule has 0 aromatic heterocycles. The van der Waals surface area contributed by atoms with Gasteiger partial charge < -0.3 is 10.6 Å². The van der Waals surface area contributed by atoms with E-state index in [0.29, 0.717) is 5.92 Å². The molecule has 0 spiro atoms. The fraction of sp³-hybridized carbons (Fsp3) is 0.500. The number of amides is 2. The zero-order valence-corrected chi connectivity index (χ0v) is 12.9. The summed E-state index contributed by atoms with van der Waals surface area (Å²) >= 11 is 0. The van der Waals surface area contributed by atoms with Gasteiger partial charge in [0.25, 0.3) is 0 Å². The van der Waals surface area contributed by atoms with E-state index in [1.165, 1.54) is 12.5 Å². The first-order chi connectivity index (χ1) is 9.31. The summed E-state index contributed by atoms with van der Waals surface area (Å²) in [4.78, 5) is 23.4. The van der Waals surface area contributed by atoms with E-state index in [-0.39, 0.29) is 17.7 Å². The van der Waals surface area contributed by atoms with Crippen molar-refractivity contribution in [3.8, 4) is 0 Å². The molecule has 20 heavy (non-hydrogen) atoms. The predicted molar refractivity (Wildman–Crippen MR) is 81.6 cm³/mol. The molecule has 110 valence electrons. The summed E-state index contributed by atoms with van der Waals surface area (Å²) in [5.74, 6) is 0.0566. The van der Waals surface area contributed by atoms with Gasteiger partial charge in [-0.3, -0.25) is 9.59 Å². The van der Waals surface area contributed by atoms with Crippen LogP contribution in [0.2, 0.25) is 0 Å². The van der Waals surface area contributed by atoms with Gasteiger partial charge >= 0.3 is 0 Å². The molecule has 0 saturated heterocycles. The highest BCUT2D eigenvalue weighted by atomic mass is 16.2. The fourth-order valence-electron chi connectivity index (χ4n) is 1.95. The van der Waals surface area contributed by atoms with Gasteiger partial charge in [0.1, 0.15) is 6.04 Å². The first-order valence-corrected chi connectivity index (χ1v) is 6.99. The first kappa shape index (κ1) is 16.2. The van der Waals surface area contributed by atoms with Crippen molar-refractivity contribution in [1.82, 2.24) is 5.32 Å². The molecule has 0 aliphatic carbocycles. The lowest BCUT2D eigenvalue weighted by molar-refractivity contribution is -0.126. The van der Waals surface area contributed by atoms with E-state index < -0.39 is 6.04 Å². The Kier molecular flexibility index (Phi) is 5.74. The Balaban J connectivity index is 2.82. The van der Waals surface area contributed by atoms with Gasteiger partial charge in [-0.25, -0.2) is 0 Å². The number of anilines is 1. The van der Waals surface area contributed by atoms with Crippen molar-refractivity contribution in [2.24, 2.45) is 5.92 Å². The van der Waals surface area contributed by atoms with Crippen molar-refractivity contribution in [2.75, 3.05) is 5.32 Å². The summed E-state index contributed by atoms with van der Waals surface area (Å²) in [6.07, 6.45) is 0. The Labute approximate surface area is 121 Å². The van der Waals surface area contributed by atoms with Gasteiger partial charge in [0.15, 0.2) is 0 Å². The van der Waals surface area contributed by atoms with Crippen LogP contribution in [0.3, 0.4) is 0 Å². The molecule has 0 aliphatic heterocycles. The highest BCUT2D eigenvalue weighted by molar-refractivity contribution is 5.97. The number of hydrogen-bond acceptors (Lipinski definition) is 2. The Morgan fingerprint density at radius 1 is 1.10 bits per heavy atom. The Morgan fingerprint density at radius 2 is 1.75 bits per heavy atom. The van der Waals surface area contributed by atoms with Gasteiger partial charge in [-0.2, -0.15) is 0 Å². The molecule has 1 aromatic carbocycles. The van der Waals surface area contributed by atoms with Crippen LogP contribution in [0.15, 0.2) is 24.3 Å². The molecule has 0 saturated carbocycles. The van der Waals surface area contributed by atoms with E-state index >= 15 is 0 Å². The van der Waals surface area contributed by atoms with Crippen LogP contribution >= 0.6 is 0 Å². The molecular weight excluding hydrogens is 252 g/mol. The Hall–Kier alpha value is -1.84. The lowest BCUT2D eigenvalue weighted by Gasteiger charge is -2.21. The van der Waals surface area contributed by atoms with Crippen LogP contribution in [0, 0.1) is 5.92 Å². The molecule has 0 aliphatic rings. The van der Waals surface area contributed by atoms with Crippen LogP contribution in [0.5, 0.6) is 0 Å². The first-order valence-electron chi connectivity index (χ1n) is 6.99. The second-order valence-electron chi connectivity index (χ2n) is 5.69. The molecule has 4 nitrogen and oxygen atoms in total. The van der Waals surface area contributed by atoms with E-state index in [2.05, 4.69) is 24.5 Å². The maximum absolute atomic E-state index is 12.2. The van der Waals surface area contributed by atoms with E-state index in [4.69, 9.17) is 0 Å². The lowest BCUT2D eigenvalue weighted by Crippen LogP contribution is -2.46. The van der Waals surface area contributed by atoms with E-state index in [1.54, 1.807) is 0 Å². The van der Waals surface area contributed by atoms with E-state index in [9.17, 15) is 9.59 Å². The SMILES string of the molecule is CC(=O)N[C@H](C(=O)Nc1cccc(C(C)C)c1)C(C)C. The molecule has 0 unspecified atom stereocenters.